The van der Waals surface area contributed by atoms with Crippen LogP contribution in [0, 0.1) is 0 Å². The SMILES string of the molecule is C=CC(=O)Oc1c(Br)c(Br)c(OC(C)=O)c2ccccc12. The molecule has 0 bridgehead atoms. The maximum absolute atomic E-state index is 11.5. The Morgan fingerprint density at radius 1 is 1.05 bits per heavy atom. The second-order valence-corrected chi connectivity index (χ2v) is 5.64. The summed E-state index contributed by atoms with van der Waals surface area (Å²) in [6.07, 6.45) is 1.08. The van der Waals surface area contributed by atoms with Gasteiger partial charge in [0, 0.05) is 23.8 Å². The third-order valence-electron chi connectivity index (χ3n) is 2.62. The Morgan fingerprint density at radius 3 is 1.95 bits per heavy atom. The third-order valence-corrected chi connectivity index (χ3v) is 4.67. The number of benzene rings is 2. The molecule has 4 nitrogen and oxygen atoms in total. The van der Waals surface area contributed by atoms with Crippen LogP contribution in [0.25, 0.3) is 10.8 Å². The molecule has 2 rings (SSSR count). The molecule has 2 aromatic carbocycles. The Labute approximate surface area is 138 Å². The fourth-order valence-electron chi connectivity index (χ4n) is 1.80. The molecule has 0 saturated heterocycles. The molecular formula is C15H10Br2O4. The molecule has 0 aliphatic carbocycles. The average Bonchev–Trinajstić information content (AvgIpc) is 2.47. The normalized spacial score (nSPS) is 10.2. The Kier molecular flexibility index (Phi) is 4.80. The second kappa shape index (κ2) is 6.41. The van der Waals surface area contributed by atoms with Gasteiger partial charge in [-0.15, -0.1) is 0 Å². The number of hydrogen-bond donors (Lipinski definition) is 0. The Balaban J connectivity index is 2.77. The zero-order valence-corrected chi connectivity index (χ0v) is 14.2. The summed E-state index contributed by atoms with van der Waals surface area (Å²) < 4.78 is 11.5. The van der Waals surface area contributed by atoms with E-state index in [-0.39, 0.29) is 0 Å². The van der Waals surface area contributed by atoms with E-state index in [1.807, 2.05) is 0 Å². The van der Waals surface area contributed by atoms with Gasteiger partial charge in [0.15, 0.2) is 11.5 Å². The number of hydrogen-bond acceptors (Lipinski definition) is 4. The summed E-state index contributed by atoms with van der Waals surface area (Å²) in [4.78, 5) is 22.8. The lowest BCUT2D eigenvalue weighted by Crippen LogP contribution is -2.07. The number of carbonyl (C=O) groups excluding carboxylic acids is 2. The van der Waals surface area contributed by atoms with Crippen molar-refractivity contribution in [2.24, 2.45) is 0 Å². The van der Waals surface area contributed by atoms with Crippen LogP contribution in [0.2, 0.25) is 0 Å². The lowest BCUT2D eigenvalue weighted by atomic mass is 10.1. The molecule has 0 aliphatic rings. The van der Waals surface area contributed by atoms with E-state index in [9.17, 15) is 9.59 Å². The van der Waals surface area contributed by atoms with E-state index in [2.05, 4.69) is 38.4 Å². The standard InChI is InChI=1S/C15H10Br2O4/c1-3-11(19)21-15-10-7-5-4-6-9(10)14(20-8(2)18)12(16)13(15)17/h3-7H,1H2,2H3. The first kappa shape index (κ1) is 15.7. The zero-order valence-electron chi connectivity index (χ0n) is 11.0. The maximum atomic E-state index is 11.5. The highest BCUT2D eigenvalue weighted by molar-refractivity contribution is 9.13. The van der Waals surface area contributed by atoms with Gasteiger partial charge in [-0.3, -0.25) is 4.79 Å². The van der Waals surface area contributed by atoms with Crippen molar-refractivity contribution in [1.82, 2.24) is 0 Å². The number of fused-ring (bicyclic) bond motifs is 1. The summed E-state index contributed by atoms with van der Waals surface area (Å²) in [7, 11) is 0. The molecule has 0 aliphatic heterocycles. The van der Waals surface area contributed by atoms with Gasteiger partial charge in [0.2, 0.25) is 0 Å². The molecular weight excluding hydrogens is 404 g/mol. The lowest BCUT2D eigenvalue weighted by Gasteiger charge is -2.15. The highest BCUT2D eigenvalue weighted by atomic mass is 79.9. The van der Waals surface area contributed by atoms with Crippen LogP contribution >= 0.6 is 31.9 Å². The van der Waals surface area contributed by atoms with E-state index in [1.165, 1.54) is 6.92 Å². The molecule has 0 saturated carbocycles. The van der Waals surface area contributed by atoms with Gasteiger partial charge in [-0.25, -0.2) is 4.79 Å². The summed E-state index contributed by atoms with van der Waals surface area (Å²) in [5.74, 6) is -0.321. The van der Waals surface area contributed by atoms with Crippen LogP contribution in [0.15, 0.2) is 45.9 Å². The molecule has 0 unspecified atom stereocenters. The van der Waals surface area contributed by atoms with Gasteiger partial charge in [-0.2, -0.15) is 0 Å². The van der Waals surface area contributed by atoms with Crippen LogP contribution in [0.1, 0.15) is 6.92 Å². The average molecular weight is 414 g/mol. The molecule has 108 valence electrons. The van der Waals surface area contributed by atoms with Gasteiger partial charge in [0.1, 0.15) is 0 Å². The van der Waals surface area contributed by atoms with Crippen LogP contribution in [0.3, 0.4) is 0 Å². The fraction of sp³-hybridized carbons (Fsp3) is 0.0667. The molecule has 0 aromatic heterocycles. The van der Waals surface area contributed by atoms with Crippen LogP contribution in [0.4, 0.5) is 0 Å². The third kappa shape index (κ3) is 3.16. The highest BCUT2D eigenvalue weighted by Gasteiger charge is 2.20. The van der Waals surface area contributed by atoms with E-state index in [0.717, 1.165) is 6.08 Å². The maximum Gasteiger partial charge on any atom is 0.335 e. The lowest BCUT2D eigenvalue weighted by molar-refractivity contribution is -0.132. The quantitative estimate of drug-likeness (QED) is 0.425. The minimum absolute atomic E-state index is 0.332. The molecule has 21 heavy (non-hydrogen) atoms. The molecule has 0 radical (unpaired) electrons. The number of ether oxygens (including phenoxy) is 2. The number of esters is 2. The van der Waals surface area contributed by atoms with Gasteiger partial charge >= 0.3 is 11.9 Å². The van der Waals surface area contributed by atoms with E-state index >= 15 is 0 Å². The van der Waals surface area contributed by atoms with Crippen LogP contribution in [-0.4, -0.2) is 11.9 Å². The monoisotopic (exact) mass is 412 g/mol. The number of rotatable bonds is 3. The van der Waals surface area contributed by atoms with Crippen LogP contribution in [0.5, 0.6) is 11.5 Å². The molecule has 0 amide bonds. The smallest absolute Gasteiger partial charge is 0.335 e. The van der Waals surface area contributed by atoms with Crippen molar-refractivity contribution in [3.8, 4) is 11.5 Å². The molecule has 0 atom stereocenters. The van der Waals surface area contributed by atoms with Crippen molar-refractivity contribution in [1.29, 1.82) is 0 Å². The summed E-state index contributed by atoms with van der Waals surface area (Å²) in [6.45, 7) is 4.70. The topological polar surface area (TPSA) is 52.6 Å². The van der Waals surface area contributed by atoms with Crippen molar-refractivity contribution in [2.45, 2.75) is 6.92 Å². The predicted molar refractivity (Wildman–Crippen MR) is 86.5 cm³/mol. The molecule has 6 heteroatoms. The Hall–Kier alpha value is -1.66. The first-order valence-electron chi connectivity index (χ1n) is 5.88. The summed E-state index contributed by atoms with van der Waals surface area (Å²) in [5.41, 5.74) is 0. The molecule has 2 aromatic rings. The molecule has 0 N–H and O–H groups in total. The van der Waals surface area contributed by atoms with Crippen LogP contribution < -0.4 is 9.47 Å². The van der Waals surface area contributed by atoms with Gasteiger partial charge in [0.25, 0.3) is 0 Å². The van der Waals surface area contributed by atoms with E-state index in [1.54, 1.807) is 24.3 Å². The fourth-order valence-corrected chi connectivity index (χ4v) is 2.75. The van der Waals surface area contributed by atoms with Gasteiger partial charge < -0.3 is 9.47 Å². The zero-order chi connectivity index (χ0) is 15.6. The number of halogens is 2. The minimum atomic E-state index is -0.576. The molecule has 0 heterocycles. The molecule has 0 fully saturated rings. The summed E-state index contributed by atoms with van der Waals surface area (Å²) >= 11 is 6.70. The Morgan fingerprint density at radius 2 is 1.52 bits per heavy atom. The van der Waals surface area contributed by atoms with Crippen molar-refractivity contribution < 1.29 is 19.1 Å². The largest absolute Gasteiger partial charge is 0.425 e. The van der Waals surface area contributed by atoms with Crippen molar-refractivity contribution in [3.05, 3.63) is 45.9 Å². The van der Waals surface area contributed by atoms with Crippen molar-refractivity contribution in [2.75, 3.05) is 0 Å². The Bertz CT molecular complexity index is 753. The second-order valence-electron chi connectivity index (χ2n) is 4.05. The first-order chi connectivity index (χ1) is 9.95. The van der Waals surface area contributed by atoms with Crippen LogP contribution in [-0.2, 0) is 9.59 Å². The first-order valence-corrected chi connectivity index (χ1v) is 7.46. The van der Waals surface area contributed by atoms with Gasteiger partial charge in [-0.1, -0.05) is 30.8 Å². The number of carbonyl (C=O) groups is 2. The van der Waals surface area contributed by atoms with Gasteiger partial charge in [-0.05, 0) is 31.9 Å². The predicted octanol–water partition coefficient (Wildman–Crippen LogP) is 4.38. The summed E-state index contributed by atoms with van der Waals surface area (Å²) in [5, 5.41) is 1.29. The summed E-state index contributed by atoms with van der Waals surface area (Å²) in [6, 6.07) is 7.14. The molecule has 0 spiro atoms. The van der Waals surface area contributed by atoms with Crippen molar-refractivity contribution in [3.63, 3.8) is 0 Å². The van der Waals surface area contributed by atoms with E-state index < -0.39 is 11.9 Å². The van der Waals surface area contributed by atoms with Gasteiger partial charge in [0.05, 0.1) is 8.95 Å². The van der Waals surface area contributed by atoms with Crippen molar-refractivity contribution >= 4 is 54.6 Å². The van der Waals surface area contributed by atoms with E-state index in [4.69, 9.17) is 9.47 Å². The van der Waals surface area contributed by atoms with E-state index in [0.29, 0.717) is 31.2 Å². The minimum Gasteiger partial charge on any atom is -0.425 e. The highest BCUT2D eigenvalue weighted by Crippen LogP contribution is 2.46.